The van der Waals surface area contributed by atoms with Crippen molar-refractivity contribution in [1.29, 1.82) is 0 Å². The molecule has 0 aliphatic heterocycles. The van der Waals surface area contributed by atoms with Crippen LogP contribution in [0.3, 0.4) is 0 Å². The maximum Gasteiger partial charge on any atom is 0.344 e. The molecule has 0 aliphatic carbocycles. The number of benzene rings is 2. The fourth-order valence-electron chi connectivity index (χ4n) is 2.25. The van der Waals surface area contributed by atoms with Crippen molar-refractivity contribution in [3.05, 3.63) is 52.5 Å². The first-order valence-electron chi connectivity index (χ1n) is 7.88. The van der Waals surface area contributed by atoms with Gasteiger partial charge in [-0.15, -0.1) is 0 Å². The molecule has 0 radical (unpaired) electrons. The third-order valence-corrected chi connectivity index (χ3v) is 3.71. The van der Waals surface area contributed by atoms with Gasteiger partial charge >= 0.3 is 5.97 Å². The molecule has 2 rings (SSSR count). The van der Waals surface area contributed by atoms with Gasteiger partial charge in [-0.25, -0.2) is 4.79 Å². The Kier molecular flexibility index (Phi) is 6.86. The molecule has 6 nitrogen and oxygen atoms in total. The minimum atomic E-state index is -0.641. The van der Waals surface area contributed by atoms with Crippen molar-refractivity contribution in [3.63, 3.8) is 0 Å². The van der Waals surface area contributed by atoms with Crippen LogP contribution in [0.25, 0.3) is 0 Å². The van der Waals surface area contributed by atoms with Crippen LogP contribution in [0.5, 0.6) is 11.5 Å². The molecular formula is C19H20ClNO5. The van der Waals surface area contributed by atoms with Crippen LogP contribution < -0.4 is 14.8 Å². The number of carbonyl (C=O) groups is 2. The average molecular weight is 378 g/mol. The minimum Gasteiger partial charge on any atom is -0.495 e. The first-order valence-corrected chi connectivity index (χ1v) is 8.26. The Labute approximate surface area is 157 Å². The van der Waals surface area contributed by atoms with Crippen molar-refractivity contribution < 1.29 is 23.8 Å². The Hall–Kier alpha value is -2.73. The lowest BCUT2D eigenvalue weighted by molar-refractivity contribution is -0.149. The Morgan fingerprint density at radius 3 is 2.46 bits per heavy atom. The maximum absolute atomic E-state index is 11.9. The van der Waals surface area contributed by atoms with Gasteiger partial charge in [0.1, 0.15) is 11.5 Å². The number of nitrogens with one attached hydrogen (secondary N) is 1. The molecule has 0 saturated heterocycles. The van der Waals surface area contributed by atoms with E-state index < -0.39 is 18.5 Å². The predicted molar refractivity (Wildman–Crippen MR) is 99.0 cm³/mol. The monoisotopic (exact) mass is 377 g/mol. The second-order valence-electron chi connectivity index (χ2n) is 5.61. The van der Waals surface area contributed by atoms with E-state index in [0.717, 1.165) is 11.1 Å². The van der Waals surface area contributed by atoms with Crippen molar-refractivity contribution in [2.24, 2.45) is 0 Å². The van der Waals surface area contributed by atoms with E-state index in [1.54, 1.807) is 24.3 Å². The van der Waals surface area contributed by atoms with E-state index >= 15 is 0 Å². The summed E-state index contributed by atoms with van der Waals surface area (Å²) in [6, 6.07) is 10.4. The molecule has 0 atom stereocenters. The highest BCUT2D eigenvalue weighted by molar-refractivity contribution is 6.31. The van der Waals surface area contributed by atoms with Crippen molar-refractivity contribution in [2.75, 3.05) is 25.6 Å². The number of anilines is 1. The molecule has 1 N–H and O–H groups in total. The molecule has 0 bridgehead atoms. The third-order valence-electron chi connectivity index (χ3n) is 3.48. The highest BCUT2D eigenvalue weighted by Gasteiger charge is 2.12. The highest BCUT2D eigenvalue weighted by Crippen LogP contribution is 2.27. The Balaban J connectivity index is 1.81. The summed E-state index contributed by atoms with van der Waals surface area (Å²) in [6.07, 6.45) is 0. The topological polar surface area (TPSA) is 73.9 Å². The molecular weight excluding hydrogens is 358 g/mol. The summed E-state index contributed by atoms with van der Waals surface area (Å²) in [4.78, 5) is 23.7. The van der Waals surface area contributed by atoms with Crippen molar-refractivity contribution >= 4 is 29.2 Å². The molecule has 2 aromatic rings. The Morgan fingerprint density at radius 2 is 1.77 bits per heavy atom. The molecule has 2 aromatic carbocycles. The number of ether oxygens (including phenoxy) is 3. The summed E-state index contributed by atoms with van der Waals surface area (Å²) in [5.74, 6) is -0.100. The van der Waals surface area contributed by atoms with E-state index in [-0.39, 0.29) is 6.61 Å². The van der Waals surface area contributed by atoms with Crippen LogP contribution in [0, 0.1) is 13.8 Å². The number of halogens is 1. The van der Waals surface area contributed by atoms with E-state index in [0.29, 0.717) is 22.2 Å². The molecule has 0 unspecified atom stereocenters. The molecule has 0 aliphatic rings. The lowest BCUT2D eigenvalue weighted by atomic mass is 10.1. The summed E-state index contributed by atoms with van der Waals surface area (Å²) < 4.78 is 15.5. The van der Waals surface area contributed by atoms with Crippen LogP contribution in [0.4, 0.5) is 5.69 Å². The second kappa shape index (κ2) is 9.10. The summed E-state index contributed by atoms with van der Waals surface area (Å²) in [7, 11) is 1.48. The molecule has 138 valence electrons. The average Bonchev–Trinajstić information content (AvgIpc) is 2.59. The summed E-state index contributed by atoms with van der Waals surface area (Å²) in [6.45, 7) is 3.14. The zero-order valence-electron chi connectivity index (χ0n) is 14.8. The van der Waals surface area contributed by atoms with E-state index in [1.165, 1.54) is 7.11 Å². The number of methoxy groups -OCH3 is 1. The van der Waals surface area contributed by atoms with E-state index in [4.69, 9.17) is 25.8 Å². The van der Waals surface area contributed by atoms with Gasteiger partial charge in [-0.05, 0) is 43.7 Å². The molecule has 0 fully saturated rings. The first kappa shape index (κ1) is 19.6. The van der Waals surface area contributed by atoms with Gasteiger partial charge in [-0.3, -0.25) is 4.79 Å². The van der Waals surface area contributed by atoms with Gasteiger partial charge < -0.3 is 19.5 Å². The summed E-state index contributed by atoms with van der Waals surface area (Å²) in [5.41, 5.74) is 2.42. The molecule has 0 heterocycles. The van der Waals surface area contributed by atoms with Crippen LogP contribution in [0.15, 0.2) is 36.4 Å². The summed E-state index contributed by atoms with van der Waals surface area (Å²) >= 11 is 5.90. The molecule has 7 heteroatoms. The number of amides is 1. The number of carbonyl (C=O) groups excluding carboxylic acids is 2. The van der Waals surface area contributed by atoms with Gasteiger partial charge in [0.25, 0.3) is 5.91 Å². The fraction of sp³-hybridized carbons (Fsp3) is 0.263. The van der Waals surface area contributed by atoms with Crippen LogP contribution >= 0.6 is 11.6 Å². The number of hydrogen-bond acceptors (Lipinski definition) is 5. The normalized spacial score (nSPS) is 10.2. The van der Waals surface area contributed by atoms with Gasteiger partial charge in [0.2, 0.25) is 0 Å². The number of hydrogen-bond donors (Lipinski definition) is 1. The van der Waals surface area contributed by atoms with Gasteiger partial charge in [0, 0.05) is 5.02 Å². The summed E-state index contributed by atoms with van der Waals surface area (Å²) in [5, 5.41) is 3.02. The smallest absolute Gasteiger partial charge is 0.344 e. The van der Waals surface area contributed by atoms with Crippen molar-refractivity contribution in [3.8, 4) is 11.5 Å². The van der Waals surface area contributed by atoms with E-state index in [9.17, 15) is 9.59 Å². The van der Waals surface area contributed by atoms with Crippen molar-refractivity contribution in [1.82, 2.24) is 0 Å². The maximum atomic E-state index is 11.9. The van der Waals surface area contributed by atoms with Gasteiger partial charge in [0.05, 0.1) is 12.8 Å². The van der Waals surface area contributed by atoms with Gasteiger partial charge in [0.15, 0.2) is 13.2 Å². The molecule has 1 amide bonds. The largest absolute Gasteiger partial charge is 0.495 e. The first-order chi connectivity index (χ1) is 12.4. The quantitative estimate of drug-likeness (QED) is 0.747. The van der Waals surface area contributed by atoms with Gasteiger partial charge in [-0.1, -0.05) is 29.3 Å². The van der Waals surface area contributed by atoms with Crippen LogP contribution in [-0.4, -0.2) is 32.2 Å². The fourth-order valence-corrected chi connectivity index (χ4v) is 2.42. The highest BCUT2D eigenvalue weighted by atomic mass is 35.5. The standard InChI is InChI=1S/C19H20ClNO5/c1-12-4-6-16(13(2)8-12)25-11-19(23)26-10-18(22)21-15-9-14(20)5-7-17(15)24-3/h4-9H,10-11H2,1-3H3,(H,21,22). The van der Waals surface area contributed by atoms with Crippen LogP contribution in [0.1, 0.15) is 11.1 Å². The van der Waals surface area contributed by atoms with E-state index in [1.807, 2.05) is 26.0 Å². The SMILES string of the molecule is COc1ccc(Cl)cc1NC(=O)COC(=O)COc1ccc(C)cc1C. The molecule has 0 saturated carbocycles. The lowest BCUT2D eigenvalue weighted by Gasteiger charge is -2.11. The Bertz CT molecular complexity index is 807. The van der Waals surface area contributed by atoms with Crippen LogP contribution in [0.2, 0.25) is 5.02 Å². The van der Waals surface area contributed by atoms with E-state index in [2.05, 4.69) is 5.32 Å². The molecule has 0 spiro atoms. The zero-order valence-corrected chi connectivity index (χ0v) is 15.6. The minimum absolute atomic E-state index is 0.280. The number of aryl methyl sites for hydroxylation is 2. The predicted octanol–water partition coefficient (Wildman–Crippen LogP) is 3.53. The molecule has 26 heavy (non-hydrogen) atoms. The zero-order chi connectivity index (χ0) is 19.1. The van der Waals surface area contributed by atoms with Gasteiger partial charge in [-0.2, -0.15) is 0 Å². The van der Waals surface area contributed by atoms with Crippen molar-refractivity contribution in [2.45, 2.75) is 13.8 Å². The second-order valence-corrected chi connectivity index (χ2v) is 6.05. The lowest BCUT2D eigenvalue weighted by Crippen LogP contribution is -2.24. The van der Waals surface area contributed by atoms with Crippen LogP contribution in [-0.2, 0) is 14.3 Å². The number of esters is 1. The Morgan fingerprint density at radius 1 is 1.04 bits per heavy atom. The number of rotatable bonds is 7. The third kappa shape index (κ3) is 5.67. The molecule has 0 aromatic heterocycles.